The molecule has 0 bridgehead atoms. The van der Waals surface area contributed by atoms with E-state index in [0.29, 0.717) is 6.04 Å². The molecule has 2 nitrogen and oxygen atoms in total. The maximum atomic E-state index is 5.91. The van der Waals surface area contributed by atoms with E-state index in [1.54, 1.807) is 0 Å². The number of rotatable bonds is 4. The van der Waals surface area contributed by atoms with Crippen LogP contribution in [0.25, 0.3) is 0 Å². The van der Waals surface area contributed by atoms with E-state index in [0.717, 1.165) is 15.1 Å². The largest absolute Gasteiger partial charge is 0.456 e. The molecule has 3 heteroatoms. The van der Waals surface area contributed by atoms with Gasteiger partial charge in [-0.2, -0.15) is 0 Å². The molecule has 0 heterocycles. The Morgan fingerprint density at radius 2 is 1.89 bits per heavy atom. The van der Waals surface area contributed by atoms with Gasteiger partial charge >= 0.3 is 0 Å². The van der Waals surface area contributed by atoms with E-state index in [4.69, 9.17) is 4.74 Å². The topological polar surface area (TPSA) is 21.3 Å². The van der Waals surface area contributed by atoms with Gasteiger partial charge in [0.05, 0.1) is 3.57 Å². The lowest BCUT2D eigenvalue weighted by Crippen LogP contribution is -2.12. The highest BCUT2D eigenvalue weighted by Crippen LogP contribution is 2.27. The quantitative estimate of drug-likeness (QED) is 0.825. The van der Waals surface area contributed by atoms with Crippen LogP contribution in [0.1, 0.15) is 18.5 Å². The van der Waals surface area contributed by atoms with Gasteiger partial charge < -0.3 is 10.1 Å². The van der Waals surface area contributed by atoms with Gasteiger partial charge in [-0.3, -0.25) is 0 Å². The van der Waals surface area contributed by atoms with E-state index in [1.165, 1.54) is 5.56 Å². The summed E-state index contributed by atoms with van der Waals surface area (Å²) < 4.78 is 7.02. The highest BCUT2D eigenvalue weighted by Gasteiger charge is 2.05. The van der Waals surface area contributed by atoms with Crippen molar-refractivity contribution in [2.24, 2.45) is 0 Å². The molecule has 0 aliphatic rings. The molecular weight excluding hydrogens is 337 g/mol. The van der Waals surface area contributed by atoms with Crippen LogP contribution in [0.15, 0.2) is 48.5 Å². The molecule has 2 aromatic carbocycles. The first-order valence-electron chi connectivity index (χ1n) is 5.90. The van der Waals surface area contributed by atoms with Crippen molar-refractivity contribution in [3.63, 3.8) is 0 Å². The Kier molecular flexibility index (Phi) is 4.60. The van der Waals surface area contributed by atoms with E-state index in [-0.39, 0.29) is 0 Å². The predicted octanol–water partition coefficient (Wildman–Crippen LogP) is 4.36. The van der Waals surface area contributed by atoms with Gasteiger partial charge in [0.2, 0.25) is 0 Å². The number of hydrogen-bond donors (Lipinski definition) is 1. The van der Waals surface area contributed by atoms with Crippen molar-refractivity contribution in [1.82, 2.24) is 5.32 Å². The zero-order chi connectivity index (χ0) is 13.0. The molecule has 1 atom stereocenters. The van der Waals surface area contributed by atoms with Crippen molar-refractivity contribution in [3.05, 3.63) is 57.7 Å². The Morgan fingerprint density at radius 3 is 2.61 bits per heavy atom. The molecule has 0 aliphatic heterocycles. The molecule has 0 saturated carbocycles. The summed E-state index contributed by atoms with van der Waals surface area (Å²) in [7, 11) is 1.96. The molecule has 1 N–H and O–H groups in total. The second kappa shape index (κ2) is 6.20. The fraction of sp³-hybridized carbons (Fsp3) is 0.200. The highest BCUT2D eigenvalue weighted by molar-refractivity contribution is 14.1. The molecule has 0 aliphatic carbocycles. The second-order valence-corrected chi connectivity index (χ2v) is 5.28. The summed E-state index contributed by atoms with van der Waals surface area (Å²) in [6.07, 6.45) is 0. The maximum Gasteiger partial charge on any atom is 0.140 e. The summed E-state index contributed by atoms with van der Waals surface area (Å²) in [6, 6.07) is 16.5. The molecule has 0 spiro atoms. The van der Waals surface area contributed by atoms with Crippen LogP contribution in [0.2, 0.25) is 0 Å². The molecular formula is C15H16INO. The van der Waals surface area contributed by atoms with Crippen molar-refractivity contribution in [2.45, 2.75) is 13.0 Å². The second-order valence-electron chi connectivity index (χ2n) is 4.12. The van der Waals surface area contributed by atoms with Crippen molar-refractivity contribution in [3.8, 4) is 11.5 Å². The number of halogens is 1. The average Bonchev–Trinajstić information content (AvgIpc) is 2.41. The van der Waals surface area contributed by atoms with Crippen LogP contribution in [-0.4, -0.2) is 7.05 Å². The van der Waals surface area contributed by atoms with Crippen molar-refractivity contribution in [1.29, 1.82) is 0 Å². The first-order chi connectivity index (χ1) is 8.70. The third kappa shape index (κ3) is 3.23. The minimum atomic E-state index is 0.323. The van der Waals surface area contributed by atoms with E-state index in [9.17, 15) is 0 Å². The lowest BCUT2D eigenvalue weighted by atomic mass is 10.1. The molecule has 94 valence electrons. The van der Waals surface area contributed by atoms with Gasteiger partial charge in [-0.1, -0.05) is 24.3 Å². The standard InChI is InChI=1S/C15H16INO/c1-11(17-2)12-6-5-7-13(10-12)18-15-9-4-3-8-14(15)16/h3-11,17H,1-2H3. The number of para-hydroxylation sites is 1. The van der Waals surface area contributed by atoms with Crippen LogP contribution in [-0.2, 0) is 0 Å². The molecule has 0 fully saturated rings. The third-order valence-corrected chi connectivity index (χ3v) is 3.75. The van der Waals surface area contributed by atoms with Gasteiger partial charge in [-0.25, -0.2) is 0 Å². The minimum Gasteiger partial charge on any atom is -0.456 e. The van der Waals surface area contributed by atoms with Crippen LogP contribution in [0.5, 0.6) is 11.5 Å². The van der Waals surface area contributed by atoms with Gasteiger partial charge in [-0.05, 0) is 66.4 Å². The number of benzene rings is 2. The molecule has 2 aromatic rings. The van der Waals surface area contributed by atoms with Crippen molar-refractivity contribution in [2.75, 3.05) is 7.05 Å². The van der Waals surface area contributed by atoms with Gasteiger partial charge in [0, 0.05) is 6.04 Å². The third-order valence-electron chi connectivity index (χ3n) is 2.86. The predicted molar refractivity (Wildman–Crippen MR) is 83.1 cm³/mol. The average molecular weight is 353 g/mol. The normalized spacial score (nSPS) is 12.2. The smallest absolute Gasteiger partial charge is 0.140 e. The molecule has 0 amide bonds. The van der Waals surface area contributed by atoms with E-state index in [1.807, 2.05) is 43.4 Å². The molecule has 1 unspecified atom stereocenters. The molecule has 0 radical (unpaired) electrons. The Bertz CT molecular complexity index is 527. The highest BCUT2D eigenvalue weighted by atomic mass is 127. The molecule has 18 heavy (non-hydrogen) atoms. The van der Waals surface area contributed by atoms with Crippen LogP contribution in [0, 0.1) is 3.57 Å². The lowest BCUT2D eigenvalue weighted by Gasteiger charge is -2.13. The molecule has 0 aromatic heterocycles. The molecule has 2 rings (SSSR count). The van der Waals surface area contributed by atoms with Crippen LogP contribution >= 0.6 is 22.6 Å². The lowest BCUT2D eigenvalue weighted by molar-refractivity contribution is 0.477. The van der Waals surface area contributed by atoms with Crippen molar-refractivity contribution < 1.29 is 4.74 Å². The monoisotopic (exact) mass is 353 g/mol. The number of ether oxygens (including phenoxy) is 1. The zero-order valence-corrected chi connectivity index (χ0v) is 12.6. The summed E-state index contributed by atoms with van der Waals surface area (Å²) in [4.78, 5) is 0. The minimum absolute atomic E-state index is 0.323. The fourth-order valence-corrected chi connectivity index (χ4v) is 2.17. The van der Waals surface area contributed by atoms with E-state index < -0.39 is 0 Å². The van der Waals surface area contributed by atoms with E-state index in [2.05, 4.69) is 47.0 Å². The van der Waals surface area contributed by atoms with Gasteiger partial charge in [0.25, 0.3) is 0 Å². The van der Waals surface area contributed by atoms with Gasteiger partial charge in [-0.15, -0.1) is 0 Å². The zero-order valence-electron chi connectivity index (χ0n) is 10.5. The first-order valence-corrected chi connectivity index (χ1v) is 6.98. The van der Waals surface area contributed by atoms with E-state index >= 15 is 0 Å². The summed E-state index contributed by atoms with van der Waals surface area (Å²) in [5.41, 5.74) is 1.22. The fourth-order valence-electron chi connectivity index (χ4n) is 1.67. The Balaban J connectivity index is 2.22. The summed E-state index contributed by atoms with van der Waals surface area (Å²) in [6.45, 7) is 2.13. The summed E-state index contributed by atoms with van der Waals surface area (Å²) in [5, 5.41) is 3.23. The Morgan fingerprint density at radius 1 is 1.11 bits per heavy atom. The Labute approximate surface area is 122 Å². The van der Waals surface area contributed by atoms with Crippen LogP contribution < -0.4 is 10.1 Å². The van der Waals surface area contributed by atoms with Crippen LogP contribution in [0.4, 0.5) is 0 Å². The molecule has 0 saturated heterocycles. The first kappa shape index (κ1) is 13.4. The Hall–Kier alpha value is -1.07. The number of nitrogens with one attached hydrogen (secondary N) is 1. The van der Waals surface area contributed by atoms with Crippen molar-refractivity contribution >= 4 is 22.6 Å². The van der Waals surface area contributed by atoms with Gasteiger partial charge in [0.15, 0.2) is 0 Å². The van der Waals surface area contributed by atoms with Gasteiger partial charge in [0.1, 0.15) is 11.5 Å². The SMILES string of the molecule is CNC(C)c1cccc(Oc2ccccc2I)c1. The maximum absolute atomic E-state index is 5.91. The number of hydrogen-bond acceptors (Lipinski definition) is 2. The van der Waals surface area contributed by atoms with Crippen LogP contribution in [0.3, 0.4) is 0 Å². The summed E-state index contributed by atoms with van der Waals surface area (Å²) in [5.74, 6) is 1.77. The summed E-state index contributed by atoms with van der Waals surface area (Å²) >= 11 is 2.28.